The molecule has 0 fully saturated rings. The van der Waals surface area contributed by atoms with Crippen LogP contribution < -0.4 is 19.9 Å². The van der Waals surface area contributed by atoms with Crippen molar-refractivity contribution in [2.75, 3.05) is 13.7 Å². The van der Waals surface area contributed by atoms with E-state index in [4.69, 9.17) is 19.9 Å². The van der Waals surface area contributed by atoms with E-state index in [2.05, 4.69) is 0 Å². The lowest BCUT2D eigenvalue weighted by atomic mass is 10.1. The molecule has 0 heterocycles. The minimum Gasteiger partial charge on any atom is -0.496 e. The van der Waals surface area contributed by atoms with Crippen LogP contribution in [0.25, 0.3) is 0 Å². The first kappa shape index (κ1) is 15.2. The molecule has 0 bridgehead atoms. The summed E-state index contributed by atoms with van der Waals surface area (Å²) < 4.78 is 16.7. The van der Waals surface area contributed by atoms with E-state index in [9.17, 15) is 0 Å². The number of nitrogens with two attached hydrogens (primary N) is 1. The maximum Gasteiger partial charge on any atom is 0.135 e. The van der Waals surface area contributed by atoms with Crippen molar-refractivity contribution in [1.82, 2.24) is 0 Å². The normalized spacial score (nSPS) is 11.8. The second kappa shape index (κ2) is 6.99. The van der Waals surface area contributed by atoms with Crippen LogP contribution in [-0.4, -0.2) is 13.7 Å². The van der Waals surface area contributed by atoms with Crippen LogP contribution in [0.5, 0.6) is 23.0 Å². The molecule has 0 saturated heterocycles. The highest BCUT2D eigenvalue weighted by Gasteiger charge is 2.14. The van der Waals surface area contributed by atoms with Crippen molar-refractivity contribution < 1.29 is 14.2 Å². The van der Waals surface area contributed by atoms with Crippen molar-refractivity contribution >= 4 is 0 Å². The molecule has 1 atom stereocenters. The van der Waals surface area contributed by atoms with Crippen molar-refractivity contribution in [2.24, 2.45) is 5.73 Å². The highest BCUT2D eigenvalue weighted by Crippen LogP contribution is 2.35. The minimum atomic E-state index is -0.182. The largest absolute Gasteiger partial charge is 0.496 e. The van der Waals surface area contributed by atoms with Crippen molar-refractivity contribution in [1.29, 1.82) is 0 Å². The van der Waals surface area contributed by atoms with Crippen LogP contribution in [-0.2, 0) is 0 Å². The van der Waals surface area contributed by atoms with Gasteiger partial charge in [-0.25, -0.2) is 0 Å². The van der Waals surface area contributed by atoms with Gasteiger partial charge in [-0.15, -0.1) is 0 Å². The molecule has 4 nitrogen and oxygen atoms in total. The van der Waals surface area contributed by atoms with Crippen LogP contribution >= 0.6 is 0 Å². The smallest absolute Gasteiger partial charge is 0.135 e. The summed E-state index contributed by atoms with van der Waals surface area (Å²) >= 11 is 0. The number of hydrogen-bond acceptors (Lipinski definition) is 4. The summed E-state index contributed by atoms with van der Waals surface area (Å²) in [5.41, 5.74) is 6.88. The SMILES string of the molecule is CCOc1ccc(Oc2cccc(OC)c2[C@H](C)N)cc1. The van der Waals surface area contributed by atoms with Crippen LogP contribution in [0.3, 0.4) is 0 Å². The molecular weight excluding hydrogens is 266 g/mol. The van der Waals surface area contributed by atoms with Gasteiger partial charge in [0.15, 0.2) is 0 Å². The summed E-state index contributed by atoms with van der Waals surface area (Å²) in [4.78, 5) is 0. The lowest BCUT2D eigenvalue weighted by molar-refractivity contribution is 0.339. The average molecular weight is 287 g/mol. The molecule has 2 aromatic carbocycles. The Kier molecular flexibility index (Phi) is 5.06. The van der Waals surface area contributed by atoms with Gasteiger partial charge in [-0.05, 0) is 50.2 Å². The topological polar surface area (TPSA) is 53.7 Å². The number of benzene rings is 2. The van der Waals surface area contributed by atoms with E-state index in [0.29, 0.717) is 12.4 Å². The summed E-state index contributed by atoms with van der Waals surface area (Å²) in [6.45, 7) is 4.50. The summed E-state index contributed by atoms with van der Waals surface area (Å²) in [5.74, 6) is 2.98. The fourth-order valence-electron chi connectivity index (χ4n) is 2.14. The Morgan fingerprint density at radius 2 is 1.62 bits per heavy atom. The zero-order valence-corrected chi connectivity index (χ0v) is 12.6. The predicted molar refractivity (Wildman–Crippen MR) is 83.3 cm³/mol. The molecule has 21 heavy (non-hydrogen) atoms. The predicted octanol–water partition coefficient (Wildman–Crippen LogP) is 3.91. The number of ether oxygens (including phenoxy) is 3. The Balaban J connectivity index is 2.26. The van der Waals surface area contributed by atoms with Crippen LogP contribution in [0.2, 0.25) is 0 Å². The molecule has 0 aromatic heterocycles. The molecule has 0 radical (unpaired) electrons. The molecule has 112 valence electrons. The average Bonchev–Trinajstić information content (AvgIpc) is 2.49. The van der Waals surface area contributed by atoms with Crippen LogP contribution in [0, 0.1) is 0 Å². The Morgan fingerprint density at radius 1 is 1.00 bits per heavy atom. The van der Waals surface area contributed by atoms with Crippen molar-refractivity contribution in [3.8, 4) is 23.0 Å². The lowest BCUT2D eigenvalue weighted by Gasteiger charge is -2.17. The molecule has 2 rings (SSSR count). The summed E-state index contributed by atoms with van der Waals surface area (Å²) in [5, 5.41) is 0. The van der Waals surface area contributed by atoms with Crippen molar-refractivity contribution in [3.63, 3.8) is 0 Å². The van der Waals surface area contributed by atoms with Gasteiger partial charge in [-0.2, -0.15) is 0 Å². The van der Waals surface area contributed by atoms with Gasteiger partial charge >= 0.3 is 0 Å². The van der Waals surface area contributed by atoms with E-state index in [1.807, 2.05) is 56.3 Å². The quantitative estimate of drug-likeness (QED) is 0.875. The van der Waals surface area contributed by atoms with Gasteiger partial charge in [-0.1, -0.05) is 6.07 Å². The second-order valence-corrected chi connectivity index (χ2v) is 4.67. The molecular formula is C17H21NO3. The zero-order chi connectivity index (χ0) is 15.2. The van der Waals surface area contributed by atoms with Gasteiger partial charge in [0, 0.05) is 6.04 Å². The number of rotatable bonds is 6. The van der Waals surface area contributed by atoms with Gasteiger partial charge < -0.3 is 19.9 Å². The van der Waals surface area contributed by atoms with E-state index in [0.717, 1.165) is 22.8 Å². The fraction of sp³-hybridized carbons (Fsp3) is 0.294. The van der Waals surface area contributed by atoms with E-state index < -0.39 is 0 Å². The molecule has 4 heteroatoms. The highest BCUT2D eigenvalue weighted by molar-refractivity contribution is 5.48. The van der Waals surface area contributed by atoms with E-state index in [-0.39, 0.29) is 6.04 Å². The van der Waals surface area contributed by atoms with E-state index >= 15 is 0 Å². The molecule has 0 amide bonds. The van der Waals surface area contributed by atoms with Gasteiger partial charge in [0.05, 0.1) is 19.3 Å². The van der Waals surface area contributed by atoms with Gasteiger partial charge in [0.1, 0.15) is 23.0 Å². The van der Waals surface area contributed by atoms with E-state index in [1.165, 1.54) is 0 Å². The van der Waals surface area contributed by atoms with Crippen LogP contribution in [0.1, 0.15) is 25.5 Å². The van der Waals surface area contributed by atoms with Crippen molar-refractivity contribution in [3.05, 3.63) is 48.0 Å². The second-order valence-electron chi connectivity index (χ2n) is 4.67. The molecule has 0 aliphatic carbocycles. The first-order valence-electron chi connectivity index (χ1n) is 6.99. The first-order chi connectivity index (χ1) is 10.2. The maximum absolute atomic E-state index is 6.03. The van der Waals surface area contributed by atoms with Crippen LogP contribution in [0.4, 0.5) is 0 Å². The first-order valence-corrected chi connectivity index (χ1v) is 6.99. The standard InChI is InChI=1S/C17H21NO3/c1-4-20-13-8-10-14(11-9-13)21-16-7-5-6-15(19-3)17(16)12(2)18/h5-12H,4,18H2,1-3H3/t12-/m0/s1. The summed E-state index contributed by atoms with van der Waals surface area (Å²) in [7, 11) is 1.63. The number of hydrogen-bond donors (Lipinski definition) is 1. The fourth-order valence-corrected chi connectivity index (χ4v) is 2.14. The lowest BCUT2D eigenvalue weighted by Crippen LogP contribution is -2.08. The Hall–Kier alpha value is -2.20. The van der Waals surface area contributed by atoms with Gasteiger partial charge in [-0.3, -0.25) is 0 Å². The molecule has 0 saturated carbocycles. The molecule has 2 aromatic rings. The molecule has 2 N–H and O–H groups in total. The third-order valence-corrected chi connectivity index (χ3v) is 3.06. The third kappa shape index (κ3) is 3.67. The monoisotopic (exact) mass is 287 g/mol. The molecule has 0 unspecified atom stereocenters. The minimum absolute atomic E-state index is 0.182. The zero-order valence-electron chi connectivity index (χ0n) is 12.6. The molecule has 0 aliphatic heterocycles. The summed E-state index contributed by atoms with van der Waals surface area (Å²) in [6.07, 6.45) is 0. The Bertz CT molecular complexity index is 579. The summed E-state index contributed by atoms with van der Waals surface area (Å²) in [6, 6.07) is 13.0. The maximum atomic E-state index is 6.03. The highest BCUT2D eigenvalue weighted by atomic mass is 16.5. The van der Waals surface area contributed by atoms with Crippen LogP contribution in [0.15, 0.2) is 42.5 Å². The van der Waals surface area contributed by atoms with Crippen molar-refractivity contribution in [2.45, 2.75) is 19.9 Å². The Labute approximate surface area is 125 Å². The molecule has 0 aliphatic rings. The molecule has 0 spiro atoms. The number of methoxy groups -OCH3 is 1. The van der Waals surface area contributed by atoms with Gasteiger partial charge in [0.2, 0.25) is 0 Å². The Morgan fingerprint density at radius 3 is 2.19 bits per heavy atom. The van der Waals surface area contributed by atoms with E-state index in [1.54, 1.807) is 7.11 Å². The third-order valence-electron chi connectivity index (χ3n) is 3.06. The van der Waals surface area contributed by atoms with Gasteiger partial charge in [0.25, 0.3) is 0 Å².